The number of hydrogen-bond acceptors (Lipinski definition) is 4. The number of halogens is 2. The highest BCUT2D eigenvalue weighted by atomic mass is 35.5. The molecule has 6 heteroatoms. The zero-order valence-electron chi connectivity index (χ0n) is 11.7. The van der Waals surface area contributed by atoms with E-state index in [4.69, 9.17) is 27.9 Å². The Morgan fingerprint density at radius 2 is 1.90 bits per heavy atom. The van der Waals surface area contributed by atoms with E-state index >= 15 is 0 Å². The SMILES string of the molecule is COC(=O)CCCN(C)CCOc1c(Cl)cccc1Cl. The molecular formula is C14H19Cl2NO3. The summed E-state index contributed by atoms with van der Waals surface area (Å²) in [6, 6.07) is 5.25. The highest BCUT2D eigenvalue weighted by molar-refractivity contribution is 6.37. The minimum Gasteiger partial charge on any atom is -0.489 e. The maximum Gasteiger partial charge on any atom is 0.305 e. The molecule has 0 heterocycles. The summed E-state index contributed by atoms with van der Waals surface area (Å²) in [4.78, 5) is 13.0. The van der Waals surface area contributed by atoms with Gasteiger partial charge in [-0.15, -0.1) is 0 Å². The van der Waals surface area contributed by atoms with Gasteiger partial charge in [0.05, 0.1) is 17.2 Å². The van der Waals surface area contributed by atoms with Crippen LogP contribution in [0.25, 0.3) is 0 Å². The van der Waals surface area contributed by atoms with E-state index in [1.807, 2.05) is 7.05 Å². The second-order valence-corrected chi connectivity index (χ2v) is 5.20. The monoisotopic (exact) mass is 319 g/mol. The number of esters is 1. The molecule has 0 saturated heterocycles. The Kier molecular flexibility index (Phi) is 7.73. The lowest BCUT2D eigenvalue weighted by molar-refractivity contribution is -0.140. The van der Waals surface area contributed by atoms with E-state index in [2.05, 4.69) is 9.64 Å². The van der Waals surface area contributed by atoms with Crippen LogP contribution in [0.5, 0.6) is 5.75 Å². The van der Waals surface area contributed by atoms with Gasteiger partial charge in [0.15, 0.2) is 5.75 Å². The largest absolute Gasteiger partial charge is 0.489 e. The number of likely N-dealkylation sites (N-methyl/N-ethyl adjacent to an activating group) is 1. The van der Waals surface area contributed by atoms with E-state index < -0.39 is 0 Å². The summed E-state index contributed by atoms with van der Waals surface area (Å²) in [6.07, 6.45) is 1.19. The summed E-state index contributed by atoms with van der Waals surface area (Å²) in [5.74, 6) is 0.330. The zero-order valence-corrected chi connectivity index (χ0v) is 13.2. The first-order valence-electron chi connectivity index (χ1n) is 6.36. The van der Waals surface area contributed by atoms with Gasteiger partial charge in [0.1, 0.15) is 6.61 Å². The molecule has 1 aromatic carbocycles. The number of benzene rings is 1. The Balaban J connectivity index is 2.25. The molecule has 0 aromatic heterocycles. The summed E-state index contributed by atoms with van der Waals surface area (Å²) >= 11 is 12.0. The molecule has 0 unspecified atom stereocenters. The first-order chi connectivity index (χ1) is 9.54. The molecule has 1 aromatic rings. The summed E-state index contributed by atoms with van der Waals surface area (Å²) in [5, 5.41) is 1.01. The lowest BCUT2D eigenvalue weighted by Crippen LogP contribution is -2.26. The minimum absolute atomic E-state index is 0.183. The second kappa shape index (κ2) is 9.06. The molecule has 0 aliphatic heterocycles. The lowest BCUT2D eigenvalue weighted by atomic mass is 10.3. The van der Waals surface area contributed by atoms with Crippen molar-refractivity contribution in [3.63, 3.8) is 0 Å². The summed E-state index contributed by atoms with van der Waals surface area (Å²) in [7, 11) is 3.36. The second-order valence-electron chi connectivity index (χ2n) is 4.38. The van der Waals surface area contributed by atoms with Crippen LogP contribution < -0.4 is 4.74 Å². The fourth-order valence-electron chi connectivity index (χ4n) is 1.63. The van der Waals surface area contributed by atoms with Crippen LogP contribution in [0.15, 0.2) is 18.2 Å². The van der Waals surface area contributed by atoms with Crippen LogP contribution in [0.2, 0.25) is 10.0 Å². The van der Waals surface area contributed by atoms with Gasteiger partial charge >= 0.3 is 5.97 Å². The van der Waals surface area contributed by atoms with Crippen molar-refractivity contribution >= 4 is 29.2 Å². The van der Waals surface area contributed by atoms with Gasteiger partial charge in [-0.1, -0.05) is 29.3 Å². The third-order valence-corrected chi connectivity index (χ3v) is 3.38. The number of nitrogens with zero attached hydrogens (tertiary/aromatic N) is 1. The Morgan fingerprint density at radius 3 is 2.50 bits per heavy atom. The topological polar surface area (TPSA) is 38.8 Å². The van der Waals surface area contributed by atoms with Gasteiger partial charge in [-0.3, -0.25) is 4.79 Å². The number of methoxy groups -OCH3 is 1. The van der Waals surface area contributed by atoms with Crippen molar-refractivity contribution in [3.8, 4) is 5.75 Å². The van der Waals surface area contributed by atoms with Crippen LogP contribution in [0.1, 0.15) is 12.8 Å². The molecule has 20 heavy (non-hydrogen) atoms. The van der Waals surface area contributed by atoms with E-state index in [0.29, 0.717) is 28.8 Å². The van der Waals surface area contributed by atoms with Crippen molar-refractivity contribution in [1.29, 1.82) is 0 Å². The van der Waals surface area contributed by atoms with Crippen LogP contribution >= 0.6 is 23.2 Å². The van der Waals surface area contributed by atoms with Crippen molar-refractivity contribution < 1.29 is 14.3 Å². The molecule has 0 radical (unpaired) electrons. The predicted molar refractivity (Wildman–Crippen MR) is 80.7 cm³/mol. The Morgan fingerprint density at radius 1 is 1.25 bits per heavy atom. The molecule has 0 saturated carbocycles. The number of rotatable bonds is 8. The zero-order chi connectivity index (χ0) is 15.0. The molecule has 0 aliphatic rings. The Bertz CT molecular complexity index is 420. The van der Waals surface area contributed by atoms with Gasteiger partial charge in [0.2, 0.25) is 0 Å². The number of carbonyl (C=O) groups is 1. The fraction of sp³-hybridized carbons (Fsp3) is 0.500. The molecule has 0 atom stereocenters. The average Bonchev–Trinajstić information content (AvgIpc) is 2.42. The predicted octanol–water partition coefficient (Wildman–Crippen LogP) is 3.26. The van der Waals surface area contributed by atoms with E-state index in [0.717, 1.165) is 19.5 Å². The summed E-state index contributed by atoms with van der Waals surface area (Å²) in [6.45, 7) is 2.01. The molecule has 0 amide bonds. The fourth-order valence-corrected chi connectivity index (χ4v) is 2.14. The number of hydrogen-bond donors (Lipinski definition) is 0. The van der Waals surface area contributed by atoms with Crippen molar-refractivity contribution in [2.75, 3.05) is 33.9 Å². The standard InChI is InChI=1S/C14H19Cl2NO3/c1-17(8-4-7-13(18)19-2)9-10-20-14-11(15)5-3-6-12(14)16/h3,5-6H,4,7-10H2,1-2H3. The number of ether oxygens (including phenoxy) is 2. The van der Waals surface area contributed by atoms with E-state index in [9.17, 15) is 4.79 Å². The third kappa shape index (κ3) is 5.99. The van der Waals surface area contributed by atoms with Gasteiger partial charge in [-0.25, -0.2) is 0 Å². The molecule has 0 N–H and O–H groups in total. The van der Waals surface area contributed by atoms with E-state index in [1.165, 1.54) is 7.11 Å². The van der Waals surface area contributed by atoms with Crippen LogP contribution in [0, 0.1) is 0 Å². The Hall–Kier alpha value is -0.970. The van der Waals surface area contributed by atoms with Gasteiger partial charge in [0, 0.05) is 13.0 Å². The summed E-state index contributed by atoms with van der Waals surface area (Å²) in [5.41, 5.74) is 0. The van der Waals surface area contributed by atoms with Crippen LogP contribution in [-0.4, -0.2) is 44.7 Å². The lowest BCUT2D eigenvalue weighted by Gasteiger charge is -2.17. The quantitative estimate of drug-likeness (QED) is 0.689. The number of para-hydroxylation sites is 1. The normalized spacial score (nSPS) is 10.7. The van der Waals surface area contributed by atoms with Gasteiger partial charge in [0.25, 0.3) is 0 Å². The van der Waals surface area contributed by atoms with Crippen molar-refractivity contribution in [3.05, 3.63) is 28.2 Å². The first-order valence-corrected chi connectivity index (χ1v) is 7.12. The van der Waals surface area contributed by atoms with Gasteiger partial charge in [-0.2, -0.15) is 0 Å². The van der Waals surface area contributed by atoms with Crippen LogP contribution in [-0.2, 0) is 9.53 Å². The summed E-state index contributed by atoms with van der Waals surface area (Å²) < 4.78 is 10.2. The average molecular weight is 320 g/mol. The maximum atomic E-state index is 11.0. The van der Waals surface area contributed by atoms with Crippen LogP contribution in [0.3, 0.4) is 0 Å². The van der Waals surface area contributed by atoms with E-state index in [1.54, 1.807) is 18.2 Å². The maximum absolute atomic E-state index is 11.0. The van der Waals surface area contributed by atoms with Crippen LogP contribution in [0.4, 0.5) is 0 Å². The smallest absolute Gasteiger partial charge is 0.305 e. The molecule has 4 nitrogen and oxygen atoms in total. The molecule has 112 valence electrons. The molecule has 0 fully saturated rings. The molecular weight excluding hydrogens is 301 g/mol. The van der Waals surface area contributed by atoms with Gasteiger partial charge < -0.3 is 14.4 Å². The highest BCUT2D eigenvalue weighted by Gasteiger charge is 2.07. The minimum atomic E-state index is -0.183. The van der Waals surface area contributed by atoms with Gasteiger partial charge in [-0.05, 0) is 32.1 Å². The van der Waals surface area contributed by atoms with Crippen molar-refractivity contribution in [1.82, 2.24) is 4.90 Å². The molecule has 0 aliphatic carbocycles. The van der Waals surface area contributed by atoms with Crippen molar-refractivity contribution in [2.45, 2.75) is 12.8 Å². The van der Waals surface area contributed by atoms with E-state index in [-0.39, 0.29) is 5.97 Å². The van der Waals surface area contributed by atoms with Crippen molar-refractivity contribution in [2.24, 2.45) is 0 Å². The Labute approximate surface area is 129 Å². The highest BCUT2D eigenvalue weighted by Crippen LogP contribution is 2.32. The third-order valence-electron chi connectivity index (χ3n) is 2.79. The molecule has 0 spiro atoms. The molecule has 0 bridgehead atoms. The number of carbonyl (C=O) groups excluding carboxylic acids is 1. The first kappa shape index (κ1) is 17.1. The molecule has 1 rings (SSSR count).